The Morgan fingerprint density at radius 1 is 1.32 bits per heavy atom. The Morgan fingerprint density at radius 2 is 2.16 bits per heavy atom. The Labute approximate surface area is 147 Å². The lowest BCUT2D eigenvalue weighted by molar-refractivity contribution is 0.0954. The maximum atomic E-state index is 12.3. The number of hydrogen-bond acceptors (Lipinski definition) is 5. The number of ether oxygens (including phenoxy) is 1. The summed E-state index contributed by atoms with van der Waals surface area (Å²) in [5.41, 5.74) is 1.76. The molecule has 1 aliphatic heterocycles. The van der Waals surface area contributed by atoms with Gasteiger partial charge in [0, 0.05) is 30.9 Å². The monoisotopic (exact) mass is 341 g/mol. The van der Waals surface area contributed by atoms with Crippen LogP contribution in [0.4, 0.5) is 0 Å². The van der Waals surface area contributed by atoms with E-state index in [1.165, 1.54) is 12.8 Å². The van der Waals surface area contributed by atoms with Crippen LogP contribution in [0.5, 0.6) is 5.75 Å². The minimum atomic E-state index is -0.0816. The fraction of sp³-hybridized carbons (Fsp3) is 0.526. The van der Waals surface area contributed by atoms with E-state index in [0.717, 1.165) is 36.5 Å². The van der Waals surface area contributed by atoms with Crippen molar-refractivity contribution in [1.82, 2.24) is 15.5 Å². The molecule has 1 aromatic carbocycles. The van der Waals surface area contributed by atoms with E-state index in [1.807, 2.05) is 19.1 Å². The van der Waals surface area contributed by atoms with E-state index in [4.69, 9.17) is 9.26 Å². The average Bonchev–Trinajstić information content (AvgIpc) is 3.33. The molecule has 1 aliphatic carbocycles. The van der Waals surface area contributed by atoms with Gasteiger partial charge in [-0.15, -0.1) is 0 Å². The zero-order valence-corrected chi connectivity index (χ0v) is 14.5. The molecule has 2 heterocycles. The first-order valence-corrected chi connectivity index (χ1v) is 9.09. The lowest BCUT2D eigenvalue weighted by atomic mass is 10.1. The van der Waals surface area contributed by atoms with Crippen LogP contribution < -0.4 is 10.1 Å². The first-order chi connectivity index (χ1) is 12.2. The third kappa shape index (κ3) is 3.52. The summed E-state index contributed by atoms with van der Waals surface area (Å²) in [7, 11) is 0. The minimum Gasteiger partial charge on any atom is -0.490 e. The largest absolute Gasteiger partial charge is 0.490 e. The van der Waals surface area contributed by atoms with E-state index in [1.54, 1.807) is 6.07 Å². The van der Waals surface area contributed by atoms with E-state index in [2.05, 4.69) is 15.5 Å². The number of benzene rings is 1. The molecule has 0 bridgehead atoms. The summed E-state index contributed by atoms with van der Waals surface area (Å²) in [6.07, 6.45) is 6.36. The Balaban J connectivity index is 1.30. The number of hydrogen-bond donors (Lipinski definition) is 1. The molecule has 6 nitrogen and oxygen atoms in total. The van der Waals surface area contributed by atoms with Crippen LogP contribution in [0.1, 0.15) is 66.2 Å². The predicted octanol–water partition coefficient (Wildman–Crippen LogP) is 3.02. The van der Waals surface area contributed by atoms with Gasteiger partial charge in [-0.1, -0.05) is 18.0 Å². The molecular weight excluding hydrogens is 318 g/mol. The normalized spacial score (nSPS) is 19.6. The Bertz CT molecular complexity index is 765. The van der Waals surface area contributed by atoms with Crippen molar-refractivity contribution in [3.8, 4) is 5.75 Å². The highest BCUT2D eigenvalue weighted by Gasteiger charge is 2.23. The molecule has 0 radical (unpaired) electrons. The molecule has 1 amide bonds. The van der Waals surface area contributed by atoms with Gasteiger partial charge in [-0.3, -0.25) is 4.79 Å². The SMILES string of the molecule is CC1Cc2cc(C(=O)NCCc3noc(C4CCCC4)n3)ccc2O1. The van der Waals surface area contributed by atoms with Gasteiger partial charge in [0.15, 0.2) is 5.82 Å². The van der Waals surface area contributed by atoms with Crippen molar-refractivity contribution >= 4 is 5.91 Å². The summed E-state index contributed by atoms with van der Waals surface area (Å²) in [5, 5.41) is 6.96. The third-order valence-electron chi connectivity index (χ3n) is 4.98. The summed E-state index contributed by atoms with van der Waals surface area (Å²) in [5.74, 6) is 2.65. The average molecular weight is 341 g/mol. The van der Waals surface area contributed by atoms with Crippen LogP contribution in [0.2, 0.25) is 0 Å². The highest BCUT2D eigenvalue weighted by atomic mass is 16.5. The highest BCUT2D eigenvalue weighted by molar-refractivity contribution is 5.94. The van der Waals surface area contributed by atoms with Gasteiger partial charge in [0.2, 0.25) is 5.89 Å². The predicted molar refractivity (Wildman–Crippen MR) is 91.8 cm³/mol. The van der Waals surface area contributed by atoms with Crippen molar-refractivity contribution in [1.29, 1.82) is 0 Å². The van der Waals surface area contributed by atoms with Crippen LogP contribution in [-0.2, 0) is 12.8 Å². The van der Waals surface area contributed by atoms with Gasteiger partial charge in [0.25, 0.3) is 5.91 Å². The number of nitrogens with one attached hydrogen (secondary N) is 1. The molecule has 1 aromatic heterocycles. The molecule has 1 unspecified atom stereocenters. The van der Waals surface area contributed by atoms with Gasteiger partial charge in [0.05, 0.1) is 0 Å². The Hall–Kier alpha value is -2.37. The highest BCUT2D eigenvalue weighted by Crippen LogP contribution is 2.33. The van der Waals surface area contributed by atoms with Crippen LogP contribution >= 0.6 is 0 Å². The molecule has 1 N–H and O–H groups in total. The van der Waals surface area contributed by atoms with Gasteiger partial charge < -0.3 is 14.6 Å². The van der Waals surface area contributed by atoms with Crippen LogP contribution in [0.15, 0.2) is 22.7 Å². The van der Waals surface area contributed by atoms with E-state index < -0.39 is 0 Å². The summed E-state index contributed by atoms with van der Waals surface area (Å²) in [6.45, 7) is 2.52. The van der Waals surface area contributed by atoms with Gasteiger partial charge in [-0.25, -0.2) is 0 Å². The smallest absolute Gasteiger partial charge is 0.251 e. The van der Waals surface area contributed by atoms with Crippen LogP contribution in [-0.4, -0.2) is 28.7 Å². The Kier molecular flexibility index (Phi) is 4.42. The van der Waals surface area contributed by atoms with Crippen molar-refractivity contribution in [2.24, 2.45) is 0 Å². The molecule has 2 aromatic rings. The van der Waals surface area contributed by atoms with Crippen LogP contribution in [0, 0.1) is 0 Å². The van der Waals surface area contributed by atoms with Gasteiger partial charge in [-0.05, 0) is 43.5 Å². The number of aromatic nitrogens is 2. The number of carbonyl (C=O) groups is 1. The first kappa shape index (κ1) is 16.1. The number of fused-ring (bicyclic) bond motifs is 1. The molecular formula is C19H23N3O3. The second-order valence-corrected chi connectivity index (χ2v) is 6.99. The zero-order valence-electron chi connectivity index (χ0n) is 14.5. The maximum absolute atomic E-state index is 12.3. The molecule has 0 saturated heterocycles. The maximum Gasteiger partial charge on any atom is 0.251 e. The van der Waals surface area contributed by atoms with Crippen LogP contribution in [0.3, 0.4) is 0 Å². The van der Waals surface area contributed by atoms with Gasteiger partial charge in [0.1, 0.15) is 11.9 Å². The van der Waals surface area contributed by atoms with E-state index in [9.17, 15) is 4.79 Å². The number of rotatable bonds is 5. The summed E-state index contributed by atoms with van der Waals surface area (Å²) >= 11 is 0. The molecule has 4 rings (SSSR count). The second-order valence-electron chi connectivity index (χ2n) is 6.99. The van der Waals surface area contributed by atoms with Crippen molar-refractivity contribution in [3.05, 3.63) is 41.0 Å². The van der Waals surface area contributed by atoms with Crippen molar-refractivity contribution < 1.29 is 14.1 Å². The molecule has 6 heteroatoms. The summed E-state index contributed by atoms with van der Waals surface area (Å²) in [6, 6.07) is 5.60. The van der Waals surface area contributed by atoms with E-state index >= 15 is 0 Å². The standard InChI is InChI=1S/C19H23N3O3/c1-12-10-15-11-14(6-7-16(15)24-12)18(23)20-9-8-17-21-19(25-22-17)13-4-2-3-5-13/h6-7,11-13H,2-5,8-10H2,1H3,(H,20,23). The van der Waals surface area contributed by atoms with Crippen molar-refractivity contribution in [2.45, 2.75) is 57.5 Å². The van der Waals surface area contributed by atoms with E-state index in [0.29, 0.717) is 30.3 Å². The minimum absolute atomic E-state index is 0.0816. The lowest BCUT2D eigenvalue weighted by Gasteiger charge is -2.05. The number of nitrogens with zero attached hydrogens (tertiary/aromatic N) is 2. The number of amides is 1. The quantitative estimate of drug-likeness (QED) is 0.904. The van der Waals surface area contributed by atoms with Crippen molar-refractivity contribution in [3.63, 3.8) is 0 Å². The third-order valence-corrected chi connectivity index (χ3v) is 4.98. The molecule has 1 atom stereocenters. The molecule has 0 spiro atoms. The van der Waals surface area contributed by atoms with E-state index in [-0.39, 0.29) is 12.0 Å². The fourth-order valence-corrected chi connectivity index (χ4v) is 3.66. The fourth-order valence-electron chi connectivity index (χ4n) is 3.66. The summed E-state index contributed by atoms with van der Waals surface area (Å²) in [4.78, 5) is 16.8. The molecule has 2 aliphatic rings. The van der Waals surface area contributed by atoms with Gasteiger partial charge >= 0.3 is 0 Å². The van der Waals surface area contributed by atoms with Crippen molar-refractivity contribution in [2.75, 3.05) is 6.54 Å². The van der Waals surface area contributed by atoms with Gasteiger partial charge in [-0.2, -0.15) is 4.98 Å². The Morgan fingerprint density at radius 3 is 3.00 bits per heavy atom. The number of carbonyl (C=O) groups excluding carboxylic acids is 1. The van der Waals surface area contributed by atoms with Crippen LogP contribution in [0.25, 0.3) is 0 Å². The summed E-state index contributed by atoms with van der Waals surface area (Å²) < 4.78 is 11.0. The molecule has 132 valence electrons. The first-order valence-electron chi connectivity index (χ1n) is 9.09. The molecule has 1 saturated carbocycles. The molecule has 25 heavy (non-hydrogen) atoms. The topological polar surface area (TPSA) is 77.3 Å². The second kappa shape index (κ2) is 6.86. The lowest BCUT2D eigenvalue weighted by Crippen LogP contribution is -2.26. The molecule has 1 fully saturated rings. The zero-order chi connectivity index (χ0) is 17.2.